The van der Waals surface area contributed by atoms with E-state index in [1.807, 2.05) is 48.5 Å². The zero-order chi connectivity index (χ0) is 17.6. The van der Waals surface area contributed by atoms with Crippen LogP contribution in [0.3, 0.4) is 0 Å². The highest BCUT2D eigenvalue weighted by Crippen LogP contribution is 2.19. The molecule has 1 aliphatic heterocycles. The lowest BCUT2D eigenvalue weighted by molar-refractivity contribution is 0.0951. The molecule has 0 bridgehead atoms. The van der Waals surface area contributed by atoms with Gasteiger partial charge < -0.3 is 15.0 Å². The summed E-state index contributed by atoms with van der Waals surface area (Å²) >= 11 is 2.23. The van der Waals surface area contributed by atoms with Crippen molar-refractivity contribution in [3.63, 3.8) is 0 Å². The molecule has 1 heterocycles. The maximum absolute atomic E-state index is 12.1. The lowest BCUT2D eigenvalue weighted by Gasteiger charge is -2.29. The first-order chi connectivity index (χ1) is 12.1. The normalized spacial score (nSPS) is 15.8. The first kappa shape index (κ1) is 18.2. The predicted molar refractivity (Wildman–Crippen MR) is 108 cm³/mol. The van der Waals surface area contributed by atoms with Crippen LogP contribution in [-0.4, -0.2) is 37.0 Å². The van der Waals surface area contributed by atoms with E-state index >= 15 is 0 Å². The van der Waals surface area contributed by atoms with Crippen molar-refractivity contribution in [1.29, 1.82) is 0 Å². The van der Waals surface area contributed by atoms with Crippen LogP contribution in [0.25, 0.3) is 0 Å². The number of nitrogens with one attached hydrogen (secondary N) is 1. The zero-order valence-corrected chi connectivity index (χ0v) is 16.5. The summed E-state index contributed by atoms with van der Waals surface area (Å²) in [6.07, 6.45) is 2.46. The van der Waals surface area contributed by atoms with Crippen molar-refractivity contribution in [2.24, 2.45) is 0 Å². The van der Waals surface area contributed by atoms with E-state index in [0.717, 1.165) is 40.8 Å². The molecule has 1 amide bonds. The third-order valence-corrected chi connectivity index (χ3v) is 5.17. The Morgan fingerprint density at radius 1 is 1.12 bits per heavy atom. The van der Waals surface area contributed by atoms with E-state index in [-0.39, 0.29) is 5.91 Å². The Kier molecular flexibility index (Phi) is 6.31. The van der Waals surface area contributed by atoms with E-state index in [4.69, 9.17) is 4.74 Å². The number of carbonyl (C=O) groups is 1. The molecule has 2 aromatic rings. The van der Waals surface area contributed by atoms with Gasteiger partial charge in [0.15, 0.2) is 0 Å². The Morgan fingerprint density at radius 2 is 1.76 bits per heavy atom. The topological polar surface area (TPSA) is 41.6 Å². The molecule has 0 aromatic heterocycles. The van der Waals surface area contributed by atoms with Crippen molar-refractivity contribution in [2.75, 3.05) is 20.1 Å². The molecule has 1 aliphatic rings. The number of rotatable bonds is 5. The number of amides is 1. The fourth-order valence-corrected chi connectivity index (χ4v) is 3.23. The molecule has 0 aliphatic carbocycles. The maximum atomic E-state index is 12.1. The summed E-state index contributed by atoms with van der Waals surface area (Å²) < 4.78 is 7.17. The molecule has 1 saturated heterocycles. The van der Waals surface area contributed by atoms with Gasteiger partial charge in [-0.3, -0.25) is 4.79 Å². The Morgan fingerprint density at radius 3 is 2.40 bits per heavy atom. The highest BCUT2D eigenvalue weighted by Gasteiger charge is 2.17. The molecule has 1 fully saturated rings. The number of carbonyl (C=O) groups excluding carboxylic acids is 1. The molecular weight excluding hydrogens is 427 g/mol. The average molecular weight is 450 g/mol. The van der Waals surface area contributed by atoms with Gasteiger partial charge in [-0.05, 0) is 84.4 Å². The average Bonchev–Trinajstić information content (AvgIpc) is 2.63. The van der Waals surface area contributed by atoms with Crippen LogP contribution in [0.15, 0.2) is 48.5 Å². The zero-order valence-electron chi connectivity index (χ0n) is 14.4. The van der Waals surface area contributed by atoms with Crippen molar-refractivity contribution >= 4 is 28.5 Å². The molecule has 4 nitrogen and oxygen atoms in total. The van der Waals surface area contributed by atoms with E-state index < -0.39 is 0 Å². The fraction of sp³-hybridized carbons (Fsp3) is 0.350. The third kappa shape index (κ3) is 5.44. The molecule has 2 aromatic carbocycles. The lowest BCUT2D eigenvalue weighted by atomic mass is 10.1. The van der Waals surface area contributed by atoms with E-state index in [0.29, 0.717) is 18.2 Å². The molecule has 0 saturated carbocycles. The van der Waals surface area contributed by atoms with Crippen LogP contribution in [0, 0.1) is 3.57 Å². The molecule has 3 rings (SSSR count). The first-order valence-corrected chi connectivity index (χ1v) is 9.66. The van der Waals surface area contributed by atoms with Gasteiger partial charge in [0.1, 0.15) is 11.9 Å². The first-order valence-electron chi connectivity index (χ1n) is 8.58. The summed E-state index contributed by atoms with van der Waals surface area (Å²) in [6, 6.07) is 15.6. The van der Waals surface area contributed by atoms with Gasteiger partial charge in [-0.1, -0.05) is 12.1 Å². The van der Waals surface area contributed by atoms with Gasteiger partial charge in [-0.25, -0.2) is 0 Å². The Balaban J connectivity index is 1.49. The van der Waals surface area contributed by atoms with E-state index in [1.165, 1.54) is 0 Å². The lowest BCUT2D eigenvalue weighted by Crippen LogP contribution is -2.35. The van der Waals surface area contributed by atoms with E-state index in [9.17, 15) is 4.79 Å². The van der Waals surface area contributed by atoms with Crippen LogP contribution in [0.5, 0.6) is 5.75 Å². The van der Waals surface area contributed by atoms with Crippen LogP contribution in [0.2, 0.25) is 0 Å². The molecule has 0 spiro atoms. The van der Waals surface area contributed by atoms with Crippen LogP contribution in [0.1, 0.15) is 28.8 Å². The number of piperidine rings is 1. The van der Waals surface area contributed by atoms with Crippen molar-refractivity contribution < 1.29 is 9.53 Å². The number of ether oxygens (including phenoxy) is 1. The minimum Gasteiger partial charge on any atom is -0.490 e. The standard InChI is InChI=1S/C20H23IN2O2/c1-23-12-10-19(11-13-23)25-18-8-2-15(3-9-18)14-22-20(24)16-4-6-17(21)7-5-16/h2-9,19H,10-14H2,1H3,(H,22,24). The third-order valence-electron chi connectivity index (χ3n) is 4.45. The second-order valence-corrected chi connectivity index (χ2v) is 7.70. The molecule has 132 valence electrons. The quantitative estimate of drug-likeness (QED) is 0.707. The summed E-state index contributed by atoms with van der Waals surface area (Å²) in [5, 5.41) is 2.95. The van der Waals surface area contributed by atoms with E-state index in [1.54, 1.807) is 0 Å². The van der Waals surface area contributed by atoms with E-state index in [2.05, 4.69) is 39.9 Å². The SMILES string of the molecule is CN1CCC(Oc2ccc(CNC(=O)c3ccc(I)cc3)cc2)CC1. The smallest absolute Gasteiger partial charge is 0.251 e. The number of likely N-dealkylation sites (tertiary alicyclic amines) is 1. The van der Waals surface area contributed by atoms with Gasteiger partial charge in [-0.15, -0.1) is 0 Å². The van der Waals surface area contributed by atoms with Crippen molar-refractivity contribution in [1.82, 2.24) is 10.2 Å². The fourth-order valence-electron chi connectivity index (χ4n) is 2.87. The molecular formula is C20H23IN2O2. The summed E-state index contributed by atoms with van der Waals surface area (Å²) in [5.41, 5.74) is 1.75. The highest BCUT2D eigenvalue weighted by atomic mass is 127. The van der Waals surface area contributed by atoms with Crippen molar-refractivity contribution in [3.8, 4) is 5.75 Å². The number of hydrogen-bond donors (Lipinski definition) is 1. The minimum absolute atomic E-state index is 0.0527. The van der Waals surface area contributed by atoms with Gasteiger partial charge in [0.2, 0.25) is 0 Å². The maximum Gasteiger partial charge on any atom is 0.251 e. The van der Waals surface area contributed by atoms with Gasteiger partial charge in [0, 0.05) is 28.8 Å². The van der Waals surface area contributed by atoms with Crippen LogP contribution in [0.4, 0.5) is 0 Å². The summed E-state index contributed by atoms with van der Waals surface area (Å²) in [6.45, 7) is 2.69. The molecule has 0 radical (unpaired) electrons. The Hall–Kier alpha value is -1.60. The molecule has 0 unspecified atom stereocenters. The van der Waals surface area contributed by atoms with Crippen molar-refractivity contribution in [2.45, 2.75) is 25.5 Å². The van der Waals surface area contributed by atoms with Crippen LogP contribution >= 0.6 is 22.6 Å². The van der Waals surface area contributed by atoms with Crippen molar-refractivity contribution in [3.05, 3.63) is 63.2 Å². The summed E-state index contributed by atoms with van der Waals surface area (Å²) in [5.74, 6) is 0.852. The number of nitrogens with zero attached hydrogens (tertiary/aromatic N) is 1. The van der Waals surface area contributed by atoms with Gasteiger partial charge in [-0.2, -0.15) is 0 Å². The van der Waals surface area contributed by atoms with Crippen LogP contribution < -0.4 is 10.1 Å². The van der Waals surface area contributed by atoms with Gasteiger partial charge in [0.05, 0.1) is 0 Å². The largest absolute Gasteiger partial charge is 0.490 e. The second kappa shape index (κ2) is 8.67. The number of hydrogen-bond acceptors (Lipinski definition) is 3. The number of benzene rings is 2. The molecule has 25 heavy (non-hydrogen) atoms. The molecule has 1 N–H and O–H groups in total. The monoisotopic (exact) mass is 450 g/mol. The number of halogens is 1. The highest BCUT2D eigenvalue weighted by molar-refractivity contribution is 14.1. The Labute approximate surface area is 162 Å². The predicted octanol–water partition coefficient (Wildman–Crippen LogP) is 3.69. The van der Waals surface area contributed by atoms with Gasteiger partial charge >= 0.3 is 0 Å². The Bertz CT molecular complexity index is 693. The minimum atomic E-state index is -0.0527. The molecule has 0 atom stereocenters. The summed E-state index contributed by atoms with van der Waals surface area (Å²) in [4.78, 5) is 14.5. The van der Waals surface area contributed by atoms with Crippen LogP contribution in [-0.2, 0) is 6.54 Å². The van der Waals surface area contributed by atoms with Gasteiger partial charge in [0.25, 0.3) is 5.91 Å². The molecule has 5 heteroatoms. The summed E-state index contributed by atoms with van der Waals surface area (Å²) in [7, 11) is 2.15. The second-order valence-electron chi connectivity index (χ2n) is 6.45.